The number of nitrogens with zero attached hydrogens (tertiary/aromatic N) is 2. The number of methoxy groups -OCH3 is 1. The number of pyridine rings is 1. The van der Waals surface area contributed by atoms with Crippen molar-refractivity contribution in [3.8, 4) is 11.5 Å². The van der Waals surface area contributed by atoms with Crippen LogP contribution in [0, 0.1) is 5.92 Å². The van der Waals surface area contributed by atoms with Crippen molar-refractivity contribution in [3.63, 3.8) is 0 Å². The van der Waals surface area contributed by atoms with Crippen molar-refractivity contribution in [3.05, 3.63) is 54.1 Å². The molecule has 3 N–H and O–H groups in total. The quantitative estimate of drug-likeness (QED) is 0.474. The molecule has 6 heteroatoms. The van der Waals surface area contributed by atoms with Gasteiger partial charge in [-0.15, -0.1) is 0 Å². The third kappa shape index (κ3) is 5.07. The van der Waals surface area contributed by atoms with Crippen LogP contribution in [-0.4, -0.2) is 43.9 Å². The van der Waals surface area contributed by atoms with Crippen LogP contribution in [0.1, 0.15) is 31.2 Å². The SMILES string of the molecule is COc1cccc(CNCC2CCC(Nc3cc(N(C)C)c4ccccc4n3)CC2)c1O. The summed E-state index contributed by atoms with van der Waals surface area (Å²) in [4.78, 5) is 7.00. The van der Waals surface area contributed by atoms with Gasteiger partial charge in [-0.3, -0.25) is 0 Å². The van der Waals surface area contributed by atoms with Gasteiger partial charge in [0.1, 0.15) is 5.82 Å². The highest BCUT2D eigenvalue weighted by Gasteiger charge is 2.22. The first kappa shape index (κ1) is 22.2. The number of para-hydroxylation sites is 2. The molecule has 170 valence electrons. The molecule has 0 amide bonds. The van der Waals surface area contributed by atoms with Crippen molar-refractivity contribution in [1.29, 1.82) is 0 Å². The number of hydrogen-bond acceptors (Lipinski definition) is 6. The highest BCUT2D eigenvalue weighted by molar-refractivity contribution is 5.93. The highest BCUT2D eigenvalue weighted by atomic mass is 16.5. The van der Waals surface area contributed by atoms with Crippen LogP contribution < -0.4 is 20.3 Å². The van der Waals surface area contributed by atoms with Gasteiger partial charge in [0.15, 0.2) is 11.5 Å². The van der Waals surface area contributed by atoms with E-state index in [0.717, 1.165) is 36.3 Å². The lowest BCUT2D eigenvalue weighted by Crippen LogP contribution is -2.31. The fourth-order valence-electron chi connectivity index (χ4n) is 4.61. The Morgan fingerprint density at radius 2 is 1.84 bits per heavy atom. The zero-order chi connectivity index (χ0) is 22.5. The zero-order valence-corrected chi connectivity index (χ0v) is 19.3. The van der Waals surface area contributed by atoms with Crippen LogP contribution in [0.3, 0.4) is 0 Å². The minimum atomic E-state index is 0.232. The Hall–Kier alpha value is -2.99. The minimum Gasteiger partial charge on any atom is -0.504 e. The summed E-state index contributed by atoms with van der Waals surface area (Å²) in [5.41, 5.74) is 3.09. The summed E-state index contributed by atoms with van der Waals surface area (Å²) in [6, 6.07) is 16.6. The molecule has 0 atom stereocenters. The molecule has 0 radical (unpaired) electrons. The predicted octanol–water partition coefficient (Wildman–Crippen LogP) is 4.78. The second-order valence-electron chi connectivity index (χ2n) is 8.90. The maximum atomic E-state index is 10.2. The summed E-state index contributed by atoms with van der Waals surface area (Å²) in [7, 11) is 5.73. The molecule has 6 nitrogen and oxygen atoms in total. The van der Waals surface area contributed by atoms with Gasteiger partial charge in [0.2, 0.25) is 0 Å². The number of hydrogen-bond donors (Lipinski definition) is 3. The molecule has 0 bridgehead atoms. The number of ether oxygens (including phenoxy) is 1. The maximum absolute atomic E-state index is 10.2. The molecule has 2 aromatic carbocycles. The number of aromatic hydroxyl groups is 1. The zero-order valence-electron chi connectivity index (χ0n) is 19.3. The van der Waals surface area contributed by atoms with Crippen LogP contribution in [0.4, 0.5) is 11.5 Å². The summed E-state index contributed by atoms with van der Waals surface area (Å²) in [6.45, 7) is 1.61. The highest BCUT2D eigenvalue weighted by Crippen LogP contribution is 2.31. The molecular weight excluding hydrogens is 400 g/mol. The smallest absolute Gasteiger partial charge is 0.162 e. The van der Waals surface area contributed by atoms with E-state index in [0.29, 0.717) is 24.3 Å². The first-order chi connectivity index (χ1) is 15.5. The normalized spacial score (nSPS) is 18.5. The monoisotopic (exact) mass is 434 g/mol. The number of anilines is 2. The van der Waals surface area contributed by atoms with E-state index in [-0.39, 0.29) is 5.75 Å². The first-order valence-electron chi connectivity index (χ1n) is 11.4. The molecule has 3 aromatic rings. The van der Waals surface area contributed by atoms with Crippen LogP contribution >= 0.6 is 0 Å². The number of nitrogens with one attached hydrogen (secondary N) is 2. The molecule has 0 spiro atoms. The van der Waals surface area contributed by atoms with Gasteiger partial charge >= 0.3 is 0 Å². The number of rotatable bonds is 8. The van der Waals surface area contributed by atoms with E-state index in [1.807, 2.05) is 18.2 Å². The Morgan fingerprint density at radius 3 is 2.59 bits per heavy atom. The lowest BCUT2D eigenvalue weighted by Gasteiger charge is -2.30. The Kier molecular flexibility index (Phi) is 7.00. The molecule has 1 saturated carbocycles. The van der Waals surface area contributed by atoms with E-state index >= 15 is 0 Å². The summed E-state index contributed by atoms with van der Waals surface area (Å²) < 4.78 is 5.19. The van der Waals surface area contributed by atoms with E-state index in [1.165, 1.54) is 23.9 Å². The van der Waals surface area contributed by atoms with E-state index in [2.05, 4.69) is 53.9 Å². The van der Waals surface area contributed by atoms with Crippen molar-refractivity contribution in [1.82, 2.24) is 10.3 Å². The van der Waals surface area contributed by atoms with Gasteiger partial charge in [-0.2, -0.15) is 0 Å². The van der Waals surface area contributed by atoms with Crippen molar-refractivity contribution in [2.75, 3.05) is 38.0 Å². The third-order valence-corrected chi connectivity index (χ3v) is 6.43. The second kappa shape index (κ2) is 10.1. The van der Waals surface area contributed by atoms with Crippen LogP contribution in [0.2, 0.25) is 0 Å². The van der Waals surface area contributed by atoms with Gasteiger partial charge in [-0.25, -0.2) is 4.98 Å². The van der Waals surface area contributed by atoms with Gasteiger partial charge in [-0.05, 0) is 50.3 Å². The average molecular weight is 435 g/mol. The fourth-order valence-corrected chi connectivity index (χ4v) is 4.61. The Labute approximate surface area is 190 Å². The molecule has 32 heavy (non-hydrogen) atoms. The van der Waals surface area contributed by atoms with Crippen molar-refractivity contribution < 1.29 is 9.84 Å². The maximum Gasteiger partial charge on any atom is 0.162 e. The Morgan fingerprint density at radius 1 is 1.06 bits per heavy atom. The molecule has 1 aliphatic carbocycles. The number of phenols is 1. The van der Waals surface area contributed by atoms with Gasteiger partial charge in [0.25, 0.3) is 0 Å². The van der Waals surface area contributed by atoms with Crippen molar-refractivity contribution >= 4 is 22.4 Å². The van der Waals surface area contributed by atoms with Gasteiger partial charge in [0, 0.05) is 49.4 Å². The lowest BCUT2D eigenvalue weighted by atomic mass is 9.86. The van der Waals surface area contributed by atoms with Gasteiger partial charge in [0.05, 0.1) is 12.6 Å². The number of phenolic OH excluding ortho intramolecular Hbond substituents is 1. The summed E-state index contributed by atoms with van der Waals surface area (Å²) >= 11 is 0. The number of benzene rings is 2. The summed E-state index contributed by atoms with van der Waals surface area (Å²) in [5, 5.41) is 18.6. The average Bonchev–Trinajstić information content (AvgIpc) is 2.80. The molecule has 1 heterocycles. The Bertz CT molecular complexity index is 1050. The molecule has 1 aliphatic rings. The van der Waals surface area contributed by atoms with Crippen LogP contribution in [0.5, 0.6) is 11.5 Å². The summed E-state index contributed by atoms with van der Waals surface area (Å²) in [6.07, 6.45) is 4.65. The third-order valence-electron chi connectivity index (χ3n) is 6.43. The van der Waals surface area contributed by atoms with Crippen molar-refractivity contribution in [2.45, 2.75) is 38.3 Å². The number of fused-ring (bicyclic) bond motifs is 1. The molecule has 0 aliphatic heterocycles. The second-order valence-corrected chi connectivity index (χ2v) is 8.90. The largest absolute Gasteiger partial charge is 0.504 e. The fraction of sp³-hybridized carbons (Fsp3) is 0.423. The molecule has 0 unspecified atom stereocenters. The Balaban J connectivity index is 1.29. The van der Waals surface area contributed by atoms with Crippen molar-refractivity contribution in [2.24, 2.45) is 5.92 Å². The topological polar surface area (TPSA) is 69.7 Å². The molecular formula is C26H34N4O2. The summed E-state index contributed by atoms with van der Waals surface area (Å²) in [5.74, 6) is 2.37. The standard InChI is InChI=1S/C26H34N4O2/c1-30(2)23-15-25(29-22-9-5-4-8-21(22)23)28-20-13-11-18(12-14-20)16-27-17-19-7-6-10-24(32-3)26(19)31/h4-10,15,18,20,27,31H,11-14,16-17H2,1-3H3,(H,28,29). The van der Waals surface area contributed by atoms with Gasteiger partial charge in [-0.1, -0.05) is 30.3 Å². The number of aromatic nitrogens is 1. The predicted molar refractivity (Wildman–Crippen MR) is 132 cm³/mol. The molecule has 0 saturated heterocycles. The lowest BCUT2D eigenvalue weighted by molar-refractivity contribution is 0.322. The van der Waals surface area contributed by atoms with Crippen LogP contribution in [0.15, 0.2) is 48.5 Å². The molecule has 1 aromatic heterocycles. The van der Waals surface area contributed by atoms with E-state index < -0.39 is 0 Å². The molecule has 4 rings (SSSR count). The molecule has 1 fully saturated rings. The first-order valence-corrected chi connectivity index (χ1v) is 11.4. The van der Waals surface area contributed by atoms with E-state index in [4.69, 9.17) is 9.72 Å². The van der Waals surface area contributed by atoms with Crippen LogP contribution in [0.25, 0.3) is 10.9 Å². The van der Waals surface area contributed by atoms with E-state index in [9.17, 15) is 5.11 Å². The minimum absolute atomic E-state index is 0.232. The van der Waals surface area contributed by atoms with Gasteiger partial charge < -0.3 is 25.4 Å². The van der Waals surface area contributed by atoms with Crippen LogP contribution in [-0.2, 0) is 6.54 Å². The van der Waals surface area contributed by atoms with E-state index in [1.54, 1.807) is 13.2 Å².